The predicted octanol–water partition coefficient (Wildman–Crippen LogP) is 3.02. The van der Waals surface area contributed by atoms with Gasteiger partial charge in [-0.15, -0.1) is 0 Å². The number of carbonyl (C=O) groups is 2. The van der Waals surface area contributed by atoms with E-state index in [1.807, 2.05) is 6.92 Å². The van der Waals surface area contributed by atoms with Gasteiger partial charge in [-0.25, -0.2) is 4.79 Å². The normalized spacial score (nSPS) is 11.1. The van der Waals surface area contributed by atoms with Gasteiger partial charge in [-0.1, -0.05) is 0 Å². The first-order valence-electron chi connectivity index (χ1n) is 7.33. The third-order valence-corrected chi connectivity index (χ3v) is 3.56. The number of benzene rings is 1. The Morgan fingerprint density at radius 3 is 2.46 bits per heavy atom. The monoisotopic (exact) mass is 400 g/mol. The minimum Gasteiger partial charge on any atom is -0.492 e. The number of hydrogen-bond acceptors (Lipinski definition) is 6. The minimum atomic E-state index is -0.690. The molecule has 0 aliphatic carbocycles. The zero-order valence-corrected chi connectivity index (χ0v) is 15.8. The Labute approximate surface area is 149 Å². The van der Waals surface area contributed by atoms with E-state index in [1.165, 1.54) is 27.2 Å². The molecule has 0 atom stereocenters. The number of Topliss-reactive ketones (excluding diaryl/α,β-unsaturated/α-hetero) is 1. The smallest absolute Gasteiger partial charge is 0.341 e. The van der Waals surface area contributed by atoms with E-state index in [4.69, 9.17) is 18.9 Å². The molecule has 0 aliphatic rings. The van der Waals surface area contributed by atoms with E-state index in [9.17, 15) is 9.59 Å². The molecule has 1 rings (SSSR count). The van der Waals surface area contributed by atoms with Crippen LogP contribution in [0.4, 0.5) is 0 Å². The largest absolute Gasteiger partial charge is 0.492 e. The number of hydrogen-bond donors (Lipinski definition) is 0. The average Bonchev–Trinajstić information content (AvgIpc) is 2.52. The molecule has 0 unspecified atom stereocenters. The molecule has 0 N–H and O–H groups in total. The number of ketones is 1. The zero-order chi connectivity index (χ0) is 18.1. The van der Waals surface area contributed by atoms with Gasteiger partial charge >= 0.3 is 5.97 Å². The summed E-state index contributed by atoms with van der Waals surface area (Å²) in [6, 6.07) is 3.42. The van der Waals surface area contributed by atoms with Crippen LogP contribution in [0, 0.1) is 0 Å². The molecule has 24 heavy (non-hydrogen) atoms. The molecule has 0 aromatic heterocycles. The topological polar surface area (TPSA) is 71.1 Å². The number of ether oxygens (including phenoxy) is 4. The molecule has 0 radical (unpaired) electrons. The highest BCUT2D eigenvalue weighted by atomic mass is 79.9. The van der Waals surface area contributed by atoms with E-state index in [-0.39, 0.29) is 24.6 Å². The summed E-state index contributed by atoms with van der Waals surface area (Å²) in [4.78, 5) is 23.8. The lowest BCUT2D eigenvalue weighted by Gasteiger charge is -2.12. The molecule has 0 saturated heterocycles. The molecule has 6 nitrogen and oxygen atoms in total. The van der Waals surface area contributed by atoms with Crippen LogP contribution < -0.4 is 9.47 Å². The van der Waals surface area contributed by atoms with Gasteiger partial charge in [0.15, 0.2) is 17.3 Å². The van der Waals surface area contributed by atoms with Crippen LogP contribution in [0.2, 0.25) is 0 Å². The summed E-state index contributed by atoms with van der Waals surface area (Å²) in [5.41, 5.74) is 0.561. The van der Waals surface area contributed by atoms with Gasteiger partial charge in [0.1, 0.15) is 12.2 Å². The summed E-state index contributed by atoms with van der Waals surface area (Å²) in [7, 11) is 3.03. The van der Waals surface area contributed by atoms with Crippen LogP contribution in [0.1, 0.15) is 19.4 Å². The van der Waals surface area contributed by atoms with Crippen molar-refractivity contribution >= 4 is 33.8 Å². The van der Waals surface area contributed by atoms with Gasteiger partial charge in [-0.3, -0.25) is 4.79 Å². The summed E-state index contributed by atoms with van der Waals surface area (Å²) in [5.74, 6) is -0.0240. The second kappa shape index (κ2) is 10.1. The van der Waals surface area contributed by atoms with Crippen molar-refractivity contribution < 1.29 is 28.5 Å². The second-order valence-corrected chi connectivity index (χ2v) is 5.56. The SMILES string of the molecule is CCOc1cc(/C=C(\C(C)=O)C(=O)OCCOC)cc(Br)c1OC. The molecule has 1 aromatic rings. The van der Waals surface area contributed by atoms with E-state index in [0.29, 0.717) is 28.1 Å². The van der Waals surface area contributed by atoms with Crippen LogP contribution in [-0.2, 0) is 19.1 Å². The van der Waals surface area contributed by atoms with E-state index >= 15 is 0 Å². The lowest BCUT2D eigenvalue weighted by Crippen LogP contribution is -2.16. The molecule has 0 fully saturated rings. The van der Waals surface area contributed by atoms with Crippen molar-refractivity contribution in [2.45, 2.75) is 13.8 Å². The Morgan fingerprint density at radius 1 is 1.21 bits per heavy atom. The molecule has 7 heteroatoms. The molecule has 0 amide bonds. The van der Waals surface area contributed by atoms with Gasteiger partial charge in [-0.05, 0) is 53.5 Å². The Balaban J connectivity index is 3.18. The highest BCUT2D eigenvalue weighted by Crippen LogP contribution is 2.37. The summed E-state index contributed by atoms with van der Waals surface area (Å²) < 4.78 is 21.3. The molecule has 0 bridgehead atoms. The lowest BCUT2D eigenvalue weighted by molar-refractivity contribution is -0.141. The van der Waals surface area contributed by atoms with E-state index in [1.54, 1.807) is 12.1 Å². The summed E-state index contributed by atoms with van der Waals surface area (Å²) in [6.45, 7) is 3.96. The summed E-state index contributed by atoms with van der Waals surface area (Å²) >= 11 is 3.39. The van der Waals surface area contributed by atoms with E-state index in [2.05, 4.69) is 15.9 Å². The first-order valence-corrected chi connectivity index (χ1v) is 8.12. The van der Waals surface area contributed by atoms with Crippen LogP contribution in [-0.4, -0.2) is 45.8 Å². The second-order valence-electron chi connectivity index (χ2n) is 4.71. The maximum absolute atomic E-state index is 12.0. The van der Waals surface area contributed by atoms with Crippen molar-refractivity contribution in [1.82, 2.24) is 0 Å². The van der Waals surface area contributed by atoms with Crippen LogP contribution in [0.5, 0.6) is 11.5 Å². The fourth-order valence-corrected chi connectivity index (χ4v) is 2.52. The molecule has 132 valence electrons. The van der Waals surface area contributed by atoms with Crippen LogP contribution in [0.15, 0.2) is 22.2 Å². The van der Waals surface area contributed by atoms with Gasteiger partial charge in [0.25, 0.3) is 0 Å². The van der Waals surface area contributed by atoms with Crippen LogP contribution in [0.25, 0.3) is 6.08 Å². The Bertz CT molecular complexity index is 624. The zero-order valence-electron chi connectivity index (χ0n) is 14.2. The van der Waals surface area contributed by atoms with Gasteiger partial charge < -0.3 is 18.9 Å². The van der Waals surface area contributed by atoms with E-state index < -0.39 is 5.97 Å². The van der Waals surface area contributed by atoms with E-state index in [0.717, 1.165) is 0 Å². The summed E-state index contributed by atoms with van der Waals surface area (Å²) in [6.07, 6.45) is 1.46. The number of esters is 1. The highest BCUT2D eigenvalue weighted by Gasteiger charge is 2.17. The van der Waals surface area contributed by atoms with Gasteiger partial charge in [0.2, 0.25) is 0 Å². The molecule has 0 aliphatic heterocycles. The Kier molecular flexibility index (Phi) is 8.49. The first kappa shape index (κ1) is 20.2. The summed E-state index contributed by atoms with van der Waals surface area (Å²) in [5, 5.41) is 0. The van der Waals surface area contributed by atoms with Gasteiger partial charge in [-0.2, -0.15) is 0 Å². The molecule has 0 spiro atoms. The average molecular weight is 401 g/mol. The third-order valence-electron chi connectivity index (χ3n) is 2.97. The predicted molar refractivity (Wildman–Crippen MR) is 93.4 cm³/mol. The molecule has 0 heterocycles. The number of carbonyl (C=O) groups excluding carboxylic acids is 2. The molecule has 0 saturated carbocycles. The van der Waals surface area contributed by atoms with Crippen molar-refractivity contribution in [3.05, 3.63) is 27.7 Å². The Morgan fingerprint density at radius 2 is 1.92 bits per heavy atom. The standard InChI is InChI=1S/C17H21BrO6/c1-5-23-15-10-12(9-14(18)16(15)22-4)8-13(11(2)19)17(20)24-7-6-21-3/h8-10H,5-7H2,1-4H3/b13-8+. The quantitative estimate of drug-likeness (QED) is 0.208. The molecular weight excluding hydrogens is 380 g/mol. The number of methoxy groups -OCH3 is 2. The minimum absolute atomic E-state index is 0.0504. The maximum atomic E-state index is 12.0. The molecular formula is C17H21BrO6. The lowest BCUT2D eigenvalue weighted by atomic mass is 10.1. The van der Waals surface area contributed by atoms with Gasteiger partial charge in [0.05, 0.1) is 24.8 Å². The Hall–Kier alpha value is -1.86. The van der Waals surface area contributed by atoms with Crippen LogP contribution >= 0.6 is 15.9 Å². The maximum Gasteiger partial charge on any atom is 0.341 e. The van der Waals surface area contributed by atoms with Gasteiger partial charge in [0, 0.05) is 7.11 Å². The van der Waals surface area contributed by atoms with Crippen molar-refractivity contribution in [2.24, 2.45) is 0 Å². The fraction of sp³-hybridized carbons (Fsp3) is 0.412. The number of halogens is 1. The third kappa shape index (κ3) is 5.65. The van der Waals surface area contributed by atoms with Crippen molar-refractivity contribution in [3.8, 4) is 11.5 Å². The number of rotatable bonds is 9. The van der Waals surface area contributed by atoms with Crippen molar-refractivity contribution in [1.29, 1.82) is 0 Å². The first-order chi connectivity index (χ1) is 11.4. The van der Waals surface area contributed by atoms with Crippen molar-refractivity contribution in [3.63, 3.8) is 0 Å². The van der Waals surface area contributed by atoms with Crippen LogP contribution in [0.3, 0.4) is 0 Å². The highest BCUT2D eigenvalue weighted by molar-refractivity contribution is 9.10. The fourth-order valence-electron chi connectivity index (χ4n) is 1.90. The van der Waals surface area contributed by atoms with Crippen molar-refractivity contribution in [2.75, 3.05) is 34.0 Å². The molecule has 1 aromatic carbocycles.